The van der Waals surface area contributed by atoms with Crippen molar-refractivity contribution >= 4 is 21.8 Å². The number of rotatable bonds is 8. The largest absolute Gasteiger partial charge is 0.467 e. The molecule has 3 rings (SSSR count). The van der Waals surface area contributed by atoms with Gasteiger partial charge in [0.1, 0.15) is 5.84 Å². The van der Waals surface area contributed by atoms with Crippen molar-refractivity contribution in [2.24, 2.45) is 4.99 Å². The molecule has 0 unspecified atom stereocenters. The van der Waals surface area contributed by atoms with Crippen LogP contribution in [-0.2, 0) is 32.4 Å². The summed E-state index contributed by atoms with van der Waals surface area (Å²) < 4.78 is 33.6. The van der Waals surface area contributed by atoms with Gasteiger partial charge >= 0.3 is 5.97 Å². The fourth-order valence-electron chi connectivity index (χ4n) is 3.17. The third-order valence-electron chi connectivity index (χ3n) is 4.85. The van der Waals surface area contributed by atoms with Crippen LogP contribution in [0.25, 0.3) is 0 Å². The minimum atomic E-state index is -3.88. The van der Waals surface area contributed by atoms with E-state index in [1.807, 2.05) is 67.6 Å². The Kier molecular flexibility index (Phi) is 7.78. The molecule has 7 heteroatoms. The molecule has 1 atom stereocenters. The standard InChI is InChI=1S/C25H26N2O4S/c1-19-13-15-22(16-14-19)32(29,30)27-24(18-21-11-7-4-8-12-21)26-23(25(28)31-2)17-20-9-5-3-6-10-20/h3-16,23H,17-18H2,1-2H3,(H,26,27)/t23-/m1/s1. The van der Waals surface area contributed by atoms with Crippen molar-refractivity contribution in [3.05, 3.63) is 102 Å². The molecule has 0 aliphatic carbocycles. The quantitative estimate of drug-likeness (QED) is 0.322. The summed E-state index contributed by atoms with van der Waals surface area (Å²) in [6, 6.07) is 24.4. The number of methoxy groups -OCH3 is 1. The molecular weight excluding hydrogens is 424 g/mol. The molecule has 3 aromatic carbocycles. The molecule has 0 aliphatic rings. The van der Waals surface area contributed by atoms with E-state index in [0.29, 0.717) is 0 Å². The monoisotopic (exact) mass is 450 g/mol. The molecule has 1 N–H and O–H groups in total. The summed E-state index contributed by atoms with van der Waals surface area (Å²) in [5.74, 6) is -0.364. The normalized spacial score (nSPS) is 12.8. The van der Waals surface area contributed by atoms with Crippen molar-refractivity contribution in [2.45, 2.75) is 30.7 Å². The van der Waals surface area contributed by atoms with Gasteiger partial charge < -0.3 is 4.74 Å². The van der Waals surface area contributed by atoms with E-state index in [0.717, 1.165) is 16.7 Å². The first-order chi connectivity index (χ1) is 15.4. The lowest BCUT2D eigenvalue weighted by atomic mass is 10.1. The van der Waals surface area contributed by atoms with E-state index >= 15 is 0 Å². The topological polar surface area (TPSA) is 84.8 Å². The third-order valence-corrected chi connectivity index (χ3v) is 6.25. The Morgan fingerprint density at radius 2 is 1.47 bits per heavy atom. The highest BCUT2D eigenvalue weighted by Crippen LogP contribution is 2.13. The summed E-state index contributed by atoms with van der Waals surface area (Å²) in [5.41, 5.74) is 2.71. The zero-order chi connectivity index (χ0) is 23.0. The number of hydrogen-bond donors (Lipinski definition) is 1. The molecule has 0 bridgehead atoms. The molecule has 0 saturated carbocycles. The molecule has 0 saturated heterocycles. The average Bonchev–Trinajstić information content (AvgIpc) is 2.79. The van der Waals surface area contributed by atoms with Gasteiger partial charge in [0, 0.05) is 12.8 Å². The summed E-state index contributed by atoms with van der Waals surface area (Å²) in [7, 11) is -2.59. The molecule has 32 heavy (non-hydrogen) atoms. The predicted octanol–water partition coefficient (Wildman–Crippen LogP) is 3.70. The highest BCUT2D eigenvalue weighted by molar-refractivity contribution is 7.90. The van der Waals surface area contributed by atoms with Gasteiger partial charge in [0.2, 0.25) is 0 Å². The fraction of sp³-hybridized carbons (Fsp3) is 0.200. The number of nitrogens with zero attached hydrogens (tertiary/aromatic N) is 1. The highest BCUT2D eigenvalue weighted by Gasteiger charge is 2.23. The van der Waals surface area contributed by atoms with Crippen molar-refractivity contribution in [1.82, 2.24) is 4.72 Å². The summed E-state index contributed by atoms with van der Waals surface area (Å²) in [6.45, 7) is 1.89. The number of hydrogen-bond acceptors (Lipinski definition) is 5. The van der Waals surface area contributed by atoms with Gasteiger partial charge in [0.05, 0.1) is 12.0 Å². The predicted molar refractivity (Wildman–Crippen MR) is 125 cm³/mol. The van der Waals surface area contributed by atoms with Gasteiger partial charge in [0.25, 0.3) is 10.0 Å². The summed E-state index contributed by atoms with van der Waals surface area (Å²) in [6.07, 6.45) is 0.506. The Balaban J connectivity index is 1.96. The summed E-state index contributed by atoms with van der Waals surface area (Å²) in [5, 5.41) is 0. The average molecular weight is 451 g/mol. The number of sulfonamides is 1. The second-order valence-corrected chi connectivity index (χ2v) is 9.07. The van der Waals surface area contributed by atoms with Crippen LogP contribution in [0.4, 0.5) is 0 Å². The van der Waals surface area contributed by atoms with E-state index in [9.17, 15) is 13.2 Å². The Morgan fingerprint density at radius 1 is 0.906 bits per heavy atom. The number of benzene rings is 3. The van der Waals surface area contributed by atoms with Crippen LogP contribution >= 0.6 is 0 Å². The number of aliphatic imine (C=N–C) groups is 1. The van der Waals surface area contributed by atoms with Gasteiger partial charge in [-0.05, 0) is 30.2 Å². The Hall–Kier alpha value is -3.45. The lowest BCUT2D eigenvalue weighted by Crippen LogP contribution is -2.35. The Morgan fingerprint density at radius 3 is 2.03 bits per heavy atom. The Bertz CT molecular complexity index is 1160. The van der Waals surface area contributed by atoms with Crippen LogP contribution < -0.4 is 4.72 Å². The van der Waals surface area contributed by atoms with Gasteiger partial charge in [0.15, 0.2) is 6.04 Å². The van der Waals surface area contributed by atoms with Crippen LogP contribution in [0.15, 0.2) is 94.8 Å². The molecule has 0 spiro atoms. The number of nitrogens with one attached hydrogen (secondary N) is 1. The smallest absolute Gasteiger partial charge is 0.331 e. The molecule has 0 radical (unpaired) electrons. The van der Waals surface area contributed by atoms with E-state index in [1.54, 1.807) is 24.3 Å². The van der Waals surface area contributed by atoms with E-state index < -0.39 is 22.0 Å². The molecule has 0 heterocycles. The van der Waals surface area contributed by atoms with Crippen molar-refractivity contribution in [3.8, 4) is 0 Å². The molecule has 0 fully saturated rings. The summed E-state index contributed by atoms with van der Waals surface area (Å²) >= 11 is 0. The molecular formula is C25H26N2O4S. The zero-order valence-corrected chi connectivity index (χ0v) is 18.9. The second kappa shape index (κ2) is 10.7. The minimum absolute atomic E-state index is 0.126. The number of carbonyl (C=O) groups is 1. The molecule has 0 amide bonds. The second-order valence-electron chi connectivity index (χ2n) is 7.39. The van der Waals surface area contributed by atoms with Crippen LogP contribution in [0.1, 0.15) is 16.7 Å². The molecule has 3 aromatic rings. The Labute approximate surface area is 189 Å². The van der Waals surface area contributed by atoms with E-state index in [4.69, 9.17) is 4.74 Å². The van der Waals surface area contributed by atoms with Crippen molar-refractivity contribution < 1.29 is 17.9 Å². The number of esters is 1. The van der Waals surface area contributed by atoms with E-state index in [1.165, 1.54) is 7.11 Å². The van der Waals surface area contributed by atoms with Crippen LogP contribution in [0.3, 0.4) is 0 Å². The van der Waals surface area contributed by atoms with Crippen molar-refractivity contribution in [2.75, 3.05) is 7.11 Å². The summed E-state index contributed by atoms with van der Waals surface area (Å²) in [4.78, 5) is 17.1. The number of carbonyl (C=O) groups excluding carboxylic acids is 1. The van der Waals surface area contributed by atoms with Crippen LogP contribution in [0, 0.1) is 6.92 Å². The number of ether oxygens (including phenoxy) is 1. The maximum absolute atomic E-state index is 13.0. The lowest BCUT2D eigenvalue weighted by Gasteiger charge is -2.16. The van der Waals surface area contributed by atoms with E-state index in [-0.39, 0.29) is 23.6 Å². The third kappa shape index (κ3) is 6.52. The van der Waals surface area contributed by atoms with Gasteiger partial charge in [-0.15, -0.1) is 0 Å². The van der Waals surface area contributed by atoms with Crippen LogP contribution in [0.5, 0.6) is 0 Å². The van der Waals surface area contributed by atoms with Gasteiger partial charge in [-0.3, -0.25) is 9.71 Å². The minimum Gasteiger partial charge on any atom is -0.467 e. The molecule has 166 valence electrons. The first-order valence-corrected chi connectivity index (χ1v) is 11.7. The van der Waals surface area contributed by atoms with E-state index in [2.05, 4.69) is 9.71 Å². The SMILES string of the molecule is COC(=O)[C@@H](Cc1ccccc1)N=C(Cc1ccccc1)NS(=O)(=O)c1ccc(C)cc1. The number of aryl methyl sites for hydroxylation is 1. The first kappa shape index (κ1) is 23.2. The first-order valence-electron chi connectivity index (χ1n) is 10.2. The van der Waals surface area contributed by atoms with Gasteiger partial charge in [-0.1, -0.05) is 78.4 Å². The van der Waals surface area contributed by atoms with Crippen LogP contribution in [-0.4, -0.2) is 33.4 Å². The molecule has 0 aromatic heterocycles. The van der Waals surface area contributed by atoms with Gasteiger partial charge in [-0.25, -0.2) is 13.2 Å². The lowest BCUT2D eigenvalue weighted by molar-refractivity contribution is -0.142. The fourth-order valence-corrected chi connectivity index (χ4v) is 4.22. The zero-order valence-electron chi connectivity index (χ0n) is 18.1. The van der Waals surface area contributed by atoms with Crippen LogP contribution in [0.2, 0.25) is 0 Å². The van der Waals surface area contributed by atoms with Crippen molar-refractivity contribution in [3.63, 3.8) is 0 Å². The van der Waals surface area contributed by atoms with Gasteiger partial charge in [-0.2, -0.15) is 0 Å². The maximum atomic E-state index is 13.0. The molecule has 6 nitrogen and oxygen atoms in total. The highest BCUT2D eigenvalue weighted by atomic mass is 32.2. The maximum Gasteiger partial charge on any atom is 0.331 e. The molecule has 0 aliphatic heterocycles. The number of amidine groups is 1. The van der Waals surface area contributed by atoms with Crippen molar-refractivity contribution in [1.29, 1.82) is 0 Å².